The normalized spacial score (nSPS) is 15.5. The predicted molar refractivity (Wildman–Crippen MR) is 93.5 cm³/mol. The van der Waals surface area contributed by atoms with Crippen LogP contribution < -0.4 is 0 Å². The lowest BCUT2D eigenvalue weighted by Crippen LogP contribution is -2.38. The topological polar surface area (TPSA) is 91.8 Å². The largest absolute Gasteiger partial charge is 0.385 e. The average molecular weight is 355 g/mol. The molecule has 4 heterocycles. The zero-order valence-electron chi connectivity index (χ0n) is 14.8. The van der Waals surface area contributed by atoms with Crippen LogP contribution in [0, 0.1) is 0 Å². The Morgan fingerprint density at radius 3 is 2.92 bits per heavy atom. The highest BCUT2D eigenvalue weighted by molar-refractivity contribution is 5.93. The molecule has 4 rings (SSSR count). The number of hydrogen-bond donors (Lipinski definition) is 1. The third kappa shape index (κ3) is 3.06. The van der Waals surface area contributed by atoms with Gasteiger partial charge in [0.15, 0.2) is 11.3 Å². The molecule has 1 aliphatic heterocycles. The third-order valence-electron chi connectivity index (χ3n) is 4.44. The number of aliphatic hydroxyl groups is 1. The van der Waals surface area contributed by atoms with Gasteiger partial charge in [-0.25, -0.2) is 9.50 Å². The van der Waals surface area contributed by atoms with Crippen molar-refractivity contribution in [1.29, 1.82) is 0 Å². The molecule has 0 fully saturated rings. The summed E-state index contributed by atoms with van der Waals surface area (Å²) < 4.78 is 3.46. The first-order valence-electron chi connectivity index (χ1n) is 8.50. The van der Waals surface area contributed by atoms with E-state index in [2.05, 4.69) is 15.2 Å². The molecular formula is C17H21N7O2. The van der Waals surface area contributed by atoms with Crippen LogP contribution in [0.15, 0.2) is 30.6 Å². The summed E-state index contributed by atoms with van der Waals surface area (Å²) in [7, 11) is 3.81. The molecule has 0 bridgehead atoms. The SMILES string of the molecule is CN(C)CC(O)c1cc2n(n1)CCN(C(=O)c1cc3ncccn3n1)C2. The van der Waals surface area contributed by atoms with Gasteiger partial charge in [-0.05, 0) is 26.2 Å². The lowest BCUT2D eigenvalue weighted by Gasteiger charge is -2.26. The van der Waals surface area contributed by atoms with Gasteiger partial charge in [0.1, 0.15) is 6.10 Å². The highest BCUT2D eigenvalue weighted by Gasteiger charge is 2.26. The van der Waals surface area contributed by atoms with E-state index in [9.17, 15) is 9.90 Å². The molecule has 1 unspecified atom stereocenters. The van der Waals surface area contributed by atoms with Crippen molar-refractivity contribution in [3.05, 3.63) is 47.7 Å². The van der Waals surface area contributed by atoms with Gasteiger partial charge in [-0.2, -0.15) is 10.2 Å². The number of nitrogens with zero attached hydrogens (tertiary/aromatic N) is 7. The predicted octanol–water partition coefficient (Wildman–Crippen LogP) is 0.177. The summed E-state index contributed by atoms with van der Waals surface area (Å²) in [5.74, 6) is -0.127. The van der Waals surface area contributed by atoms with Gasteiger partial charge in [0.05, 0.1) is 24.5 Å². The molecule has 3 aromatic heterocycles. The van der Waals surface area contributed by atoms with Gasteiger partial charge in [0, 0.05) is 31.5 Å². The molecule has 1 aliphatic rings. The fourth-order valence-corrected chi connectivity index (χ4v) is 3.16. The van der Waals surface area contributed by atoms with Gasteiger partial charge in [-0.3, -0.25) is 9.48 Å². The minimum atomic E-state index is -0.642. The van der Waals surface area contributed by atoms with E-state index in [1.165, 1.54) is 0 Å². The number of amides is 1. The second kappa shape index (κ2) is 6.50. The number of fused-ring (bicyclic) bond motifs is 2. The Labute approximate surface area is 150 Å². The van der Waals surface area contributed by atoms with E-state index in [4.69, 9.17) is 0 Å². The average Bonchev–Trinajstić information content (AvgIpc) is 3.23. The molecule has 1 atom stereocenters. The van der Waals surface area contributed by atoms with Crippen LogP contribution in [0.4, 0.5) is 0 Å². The molecule has 1 N–H and O–H groups in total. The summed E-state index contributed by atoms with van der Waals surface area (Å²) in [6.45, 7) is 2.11. The minimum Gasteiger partial charge on any atom is -0.385 e. The van der Waals surface area contributed by atoms with E-state index in [0.29, 0.717) is 43.2 Å². The van der Waals surface area contributed by atoms with Crippen molar-refractivity contribution in [2.24, 2.45) is 0 Å². The Morgan fingerprint density at radius 2 is 2.15 bits per heavy atom. The first-order chi connectivity index (χ1) is 12.5. The van der Waals surface area contributed by atoms with Crippen LogP contribution in [0.3, 0.4) is 0 Å². The summed E-state index contributed by atoms with van der Waals surface area (Å²) in [4.78, 5) is 20.7. The third-order valence-corrected chi connectivity index (χ3v) is 4.44. The van der Waals surface area contributed by atoms with Crippen molar-refractivity contribution in [3.63, 3.8) is 0 Å². The molecule has 0 aliphatic carbocycles. The van der Waals surface area contributed by atoms with E-state index in [1.54, 1.807) is 33.9 Å². The Balaban J connectivity index is 1.52. The fraction of sp³-hybridized carbons (Fsp3) is 0.412. The van der Waals surface area contributed by atoms with Gasteiger partial charge in [-0.15, -0.1) is 0 Å². The van der Waals surface area contributed by atoms with E-state index < -0.39 is 6.10 Å². The van der Waals surface area contributed by atoms with Crippen molar-refractivity contribution >= 4 is 11.6 Å². The summed E-state index contributed by atoms with van der Waals surface area (Å²) >= 11 is 0. The molecule has 0 saturated carbocycles. The summed E-state index contributed by atoms with van der Waals surface area (Å²) in [5.41, 5.74) is 2.58. The maximum Gasteiger partial charge on any atom is 0.274 e. The maximum atomic E-state index is 12.8. The summed E-state index contributed by atoms with van der Waals surface area (Å²) in [6.07, 6.45) is 2.80. The van der Waals surface area contributed by atoms with E-state index in [0.717, 1.165) is 5.69 Å². The molecule has 1 amide bonds. The second-order valence-corrected chi connectivity index (χ2v) is 6.74. The van der Waals surface area contributed by atoms with Gasteiger partial charge >= 0.3 is 0 Å². The smallest absolute Gasteiger partial charge is 0.274 e. The highest BCUT2D eigenvalue weighted by atomic mass is 16.3. The maximum absolute atomic E-state index is 12.8. The lowest BCUT2D eigenvalue weighted by molar-refractivity contribution is 0.0699. The summed E-state index contributed by atoms with van der Waals surface area (Å²) in [5, 5.41) is 19.0. The first-order valence-corrected chi connectivity index (χ1v) is 8.50. The van der Waals surface area contributed by atoms with Crippen LogP contribution in [0.25, 0.3) is 5.65 Å². The Bertz CT molecular complexity index is 913. The molecule has 136 valence electrons. The van der Waals surface area contributed by atoms with Gasteiger partial charge in [0.25, 0.3) is 5.91 Å². The Hall–Kier alpha value is -2.78. The van der Waals surface area contributed by atoms with Crippen LogP contribution in [0.2, 0.25) is 0 Å². The fourth-order valence-electron chi connectivity index (χ4n) is 3.16. The number of carbonyl (C=O) groups is 1. The second-order valence-electron chi connectivity index (χ2n) is 6.74. The molecule has 0 spiro atoms. The Kier molecular flexibility index (Phi) is 4.17. The van der Waals surface area contributed by atoms with E-state index in [1.807, 2.05) is 29.7 Å². The molecule has 9 nitrogen and oxygen atoms in total. The van der Waals surface area contributed by atoms with E-state index in [-0.39, 0.29) is 5.91 Å². The van der Waals surface area contributed by atoms with Crippen LogP contribution in [0.5, 0.6) is 0 Å². The number of rotatable bonds is 4. The quantitative estimate of drug-likeness (QED) is 0.718. The molecule has 0 radical (unpaired) electrons. The van der Waals surface area contributed by atoms with Crippen LogP contribution in [0.1, 0.15) is 28.0 Å². The first kappa shape index (κ1) is 16.7. The van der Waals surface area contributed by atoms with Gasteiger partial charge in [-0.1, -0.05) is 0 Å². The Morgan fingerprint density at radius 1 is 1.31 bits per heavy atom. The van der Waals surface area contributed by atoms with Crippen molar-refractivity contribution in [3.8, 4) is 0 Å². The van der Waals surface area contributed by atoms with E-state index >= 15 is 0 Å². The zero-order chi connectivity index (χ0) is 18.3. The van der Waals surface area contributed by atoms with Gasteiger partial charge in [0.2, 0.25) is 0 Å². The molecule has 9 heteroatoms. The number of aromatic nitrogens is 5. The van der Waals surface area contributed by atoms with Crippen LogP contribution in [-0.2, 0) is 13.1 Å². The van der Waals surface area contributed by atoms with Crippen molar-refractivity contribution in [2.75, 3.05) is 27.2 Å². The zero-order valence-corrected chi connectivity index (χ0v) is 14.8. The van der Waals surface area contributed by atoms with Crippen molar-refractivity contribution in [2.45, 2.75) is 19.2 Å². The highest BCUT2D eigenvalue weighted by Crippen LogP contribution is 2.20. The molecule has 26 heavy (non-hydrogen) atoms. The summed E-state index contributed by atoms with van der Waals surface area (Å²) in [6, 6.07) is 5.34. The standard InChI is InChI=1S/C17H21N7O2/c1-21(2)11-15(25)13-8-12-10-22(6-7-23(12)19-13)17(26)14-9-16-18-4-3-5-24(16)20-14/h3-5,8-9,15,25H,6-7,10-11H2,1-2H3. The number of carbonyl (C=O) groups excluding carboxylic acids is 1. The molecule has 0 saturated heterocycles. The van der Waals surface area contributed by atoms with Crippen LogP contribution in [-0.4, -0.2) is 72.4 Å². The van der Waals surface area contributed by atoms with Crippen molar-refractivity contribution < 1.29 is 9.90 Å². The minimum absolute atomic E-state index is 0.127. The number of hydrogen-bond acceptors (Lipinski definition) is 6. The number of aliphatic hydroxyl groups excluding tert-OH is 1. The van der Waals surface area contributed by atoms with Gasteiger partial charge < -0.3 is 14.9 Å². The monoisotopic (exact) mass is 355 g/mol. The number of likely N-dealkylation sites (N-methyl/N-ethyl adjacent to an activating group) is 1. The molecule has 0 aromatic carbocycles. The molecule has 3 aromatic rings. The lowest BCUT2D eigenvalue weighted by atomic mass is 10.2. The van der Waals surface area contributed by atoms with Crippen LogP contribution >= 0.6 is 0 Å². The van der Waals surface area contributed by atoms with Crippen molar-refractivity contribution in [1.82, 2.24) is 34.2 Å². The molecular weight excluding hydrogens is 334 g/mol.